The van der Waals surface area contributed by atoms with Crippen molar-refractivity contribution >= 4 is 41.1 Å². The molecule has 3 aromatic rings. The van der Waals surface area contributed by atoms with Gasteiger partial charge in [-0.05, 0) is 58.9 Å². The highest BCUT2D eigenvalue weighted by atomic mass is 16.2. The Kier molecular flexibility index (Phi) is 10.1. The maximum absolute atomic E-state index is 12.1. The van der Waals surface area contributed by atoms with Crippen LogP contribution in [0.1, 0.15) is 74.5 Å². The van der Waals surface area contributed by atoms with E-state index in [1.807, 2.05) is 25.5 Å². The monoisotopic (exact) mass is 606 g/mol. The van der Waals surface area contributed by atoms with Crippen molar-refractivity contribution in [3.05, 3.63) is 76.3 Å². The molecule has 0 spiro atoms. The maximum atomic E-state index is 12.1. The molecule has 0 saturated carbocycles. The van der Waals surface area contributed by atoms with Crippen LogP contribution in [0.3, 0.4) is 0 Å². The Balaban J connectivity index is 1.44. The molecule has 1 amide bonds. The average Bonchev–Trinajstić information content (AvgIpc) is 3.59. The molecule has 2 unspecified atom stereocenters. The Morgan fingerprint density at radius 3 is 2.76 bits per heavy atom. The van der Waals surface area contributed by atoms with E-state index < -0.39 is 0 Å². The number of amidine groups is 1. The highest BCUT2D eigenvalue weighted by Gasteiger charge is 2.30. The number of nitrogens with zero attached hydrogens (tertiary/aromatic N) is 8. The predicted octanol–water partition coefficient (Wildman–Crippen LogP) is 6.36. The van der Waals surface area contributed by atoms with Gasteiger partial charge in [-0.1, -0.05) is 57.5 Å². The van der Waals surface area contributed by atoms with Crippen LogP contribution < -0.4 is 0 Å². The van der Waals surface area contributed by atoms with Crippen LogP contribution >= 0.6 is 0 Å². The largest absolute Gasteiger partial charge is 0.347 e. The number of carbonyl (C=O) groups excluding carboxylic acids is 1. The minimum Gasteiger partial charge on any atom is -0.347 e. The summed E-state index contributed by atoms with van der Waals surface area (Å²) in [6.45, 7) is 6.97. The number of hydrogen-bond donors (Lipinski definition) is 0. The summed E-state index contributed by atoms with van der Waals surface area (Å²) in [5.74, 6) is 2.14. The summed E-state index contributed by atoms with van der Waals surface area (Å²) in [6, 6.07) is 10.7. The summed E-state index contributed by atoms with van der Waals surface area (Å²) in [5.41, 5.74) is 10.0. The van der Waals surface area contributed by atoms with Crippen molar-refractivity contribution in [2.45, 2.75) is 65.8 Å². The highest BCUT2D eigenvalue weighted by Crippen LogP contribution is 2.40. The molecule has 2 aromatic heterocycles. The first-order valence-corrected chi connectivity index (χ1v) is 16.0. The summed E-state index contributed by atoms with van der Waals surface area (Å²) in [4.78, 5) is 27.6. The number of fused-ring (bicyclic) bond motifs is 2. The quantitative estimate of drug-likeness (QED) is 0.266. The van der Waals surface area contributed by atoms with Crippen LogP contribution in [0.25, 0.3) is 11.1 Å². The fourth-order valence-electron chi connectivity index (χ4n) is 6.09. The Morgan fingerprint density at radius 1 is 1.18 bits per heavy atom. The minimum absolute atomic E-state index is 0.0112. The van der Waals surface area contributed by atoms with Crippen LogP contribution in [0.5, 0.6) is 0 Å². The average molecular weight is 607 g/mol. The topological polar surface area (TPSA) is 93.0 Å². The van der Waals surface area contributed by atoms with E-state index in [-0.39, 0.29) is 12.5 Å². The zero-order valence-corrected chi connectivity index (χ0v) is 27.8. The molecule has 3 heterocycles. The molecule has 1 aliphatic carbocycles. The molecule has 0 fully saturated rings. The molecule has 1 aliphatic heterocycles. The number of rotatable bonds is 9. The minimum atomic E-state index is -0.0112. The number of allylic oxidation sites excluding steroid dienone is 4. The van der Waals surface area contributed by atoms with Gasteiger partial charge in [-0.15, -0.1) is 0 Å². The van der Waals surface area contributed by atoms with Crippen LogP contribution in [0, 0.1) is 11.8 Å². The van der Waals surface area contributed by atoms with E-state index in [9.17, 15) is 4.79 Å². The highest BCUT2D eigenvalue weighted by molar-refractivity contribution is 6.09. The SMILES string of the molecule is CCC(C)/C=C(\C=NC)c1cccc(Cc2c3c(nn2C)CCC2=C3C(C)CCC(=Nc3ccn(CC(=O)N(C)C)n3)N=C2)c1. The summed E-state index contributed by atoms with van der Waals surface area (Å²) in [5, 5.41) is 9.50. The van der Waals surface area contributed by atoms with Crippen LogP contribution in [-0.2, 0) is 31.2 Å². The van der Waals surface area contributed by atoms with E-state index in [4.69, 9.17) is 15.1 Å². The van der Waals surface area contributed by atoms with Gasteiger partial charge in [0.15, 0.2) is 5.82 Å². The molecule has 2 atom stereocenters. The van der Waals surface area contributed by atoms with E-state index in [1.165, 1.54) is 44.8 Å². The lowest BCUT2D eigenvalue weighted by Crippen LogP contribution is -2.26. The standard InChI is InChI=1S/C36H46N8O/c1-8-24(2)18-29(21-37-4)27-11-9-10-26(19-27)20-31-36-30(40-43(31)7)14-13-28-22-38-32(15-12-25(3)35(28)36)39-33-16-17-44(41-33)23-34(45)42(5)6/h9-11,16-19,21-22,24-25H,8,12-15,20,23H2,1-7H3/b29-18+,37-21?,38-22?,39-32?. The Labute approximate surface area is 267 Å². The van der Waals surface area contributed by atoms with Crippen LogP contribution in [0.15, 0.2) is 63.2 Å². The normalized spacial score (nSPS) is 18.6. The molecule has 9 heteroatoms. The zero-order chi connectivity index (χ0) is 32.1. The van der Waals surface area contributed by atoms with Gasteiger partial charge < -0.3 is 4.90 Å². The number of amides is 1. The van der Waals surface area contributed by atoms with Crippen LogP contribution in [0.2, 0.25) is 0 Å². The smallest absolute Gasteiger partial charge is 0.243 e. The molecule has 45 heavy (non-hydrogen) atoms. The summed E-state index contributed by atoms with van der Waals surface area (Å²) in [6.07, 6.45) is 13.5. The molecule has 0 saturated heterocycles. The van der Waals surface area contributed by atoms with Crippen molar-refractivity contribution in [2.75, 3.05) is 21.1 Å². The maximum Gasteiger partial charge on any atom is 0.243 e. The third-order valence-electron chi connectivity index (χ3n) is 8.82. The lowest BCUT2D eigenvalue weighted by Gasteiger charge is -2.26. The van der Waals surface area contributed by atoms with E-state index in [2.05, 4.69) is 72.9 Å². The summed E-state index contributed by atoms with van der Waals surface area (Å²) >= 11 is 0. The van der Waals surface area contributed by atoms with E-state index in [0.29, 0.717) is 17.7 Å². The second kappa shape index (κ2) is 14.1. The third-order valence-corrected chi connectivity index (χ3v) is 8.82. The molecular formula is C36H46N8O. The molecule has 0 bridgehead atoms. The molecule has 5 rings (SSSR count). The van der Waals surface area contributed by atoms with Gasteiger partial charge in [0.1, 0.15) is 12.4 Å². The number of hydrogen-bond acceptors (Lipinski definition) is 5. The van der Waals surface area contributed by atoms with Crippen LogP contribution in [0.4, 0.5) is 5.82 Å². The number of aryl methyl sites for hydroxylation is 2. The summed E-state index contributed by atoms with van der Waals surface area (Å²) in [7, 11) is 7.40. The lowest BCUT2D eigenvalue weighted by molar-refractivity contribution is -0.129. The molecule has 9 nitrogen and oxygen atoms in total. The van der Waals surface area contributed by atoms with Gasteiger partial charge in [0, 0.05) is 71.3 Å². The number of likely N-dealkylation sites (N-methyl/N-ethyl adjacent to an activating group) is 1. The first-order valence-electron chi connectivity index (χ1n) is 16.0. The fourth-order valence-corrected chi connectivity index (χ4v) is 6.09. The van der Waals surface area contributed by atoms with Gasteiger partial charge in [0.2, 0.25) is 5.91 Å². The van der Waals surface area contributed by atoms with Crippen LogP contribution in [-0.4, -0.2) is 69.8 Å². The first-order chi connectivity index (χ1) is 21.7. The lowest BCUT2D eigenvalue weighted by atomic mass is 9.79. The first kappa shape index (κ1) is 32.0. The van der Waals surface area contributed by atoms with Crippen molar-refractivity contribution in [1.29, 1.82) is 0 Å². The van der Waals surface area contributed by atoms with E-state index in [1.54, 1.807) is 29.9 Å². The Bertz CT molecular complexity index is 1700. The number of carbonyl (C=O) groups is 1. The second-order valence-corrected chi connectivity index (χ2v) is 12.5. The number of benzene rings is 1. The van der Waals surface area contributed by atoms with Crippen molar-refractivity contribution in [2.24, 2.45) is 33.9 Å². The van der Waals surface area contributed by atoms with Crippen molar-refractivity contribution in [1.82, 2.24) is 24.5 Å². The predicted molar refractivity (Wildman–Crippen MR) is 184 cm³/mol. The molecule has 0 radical (unpaired) electrons. The molecule has 1 aromatic carbocycles. The second-order valence-electron chi connectivity index (χ2n) is 12.5. The molecule has 236 valence electrons. The zero-order valence-electron chi connectivity index (χ0n) is 27.8. The molecular weight excluding hydrogens is 560 g/mol. The Hall–Kier alpha value is -4.40. The van der Waals surface area contributed by atoms with E-state index >= 15 is 0 Å². The van der Waals surface area contributed by atoms with Gasteiger partial charge in [-0.25, -0.2) is 9.98 Å². The Morgan fingerprint density at radius 2 is 2.00 bits per heavy atom. The van der Waals surface area contributed by atoms with Crippen molar-refractivity contribution in [3.63, 3.8) is 0 Å². The summed E-state index contributed by atoms with van der Waals surface area (Å²) < 4.78 is 3.71. The van der Waals surface area contributed by atoms with Crippen molar-refractivity contribution in [3.8, 4) is 0 Å². The van der Waals surface area contributed by atoms with Gasteiger partial charge >= 0.3 is 0 Å². The van der Waals surface area contributed by atoms with Gasteiger partial charge in [0.05, 0.1) is 11.4 Å². The van der Waals surface area contributed by atoms with Crippen molar-refractivity contribution < 1.29 is 4.79 Å². The third kappa shape index (κ3) is 7.47. The van der Waals surface area contributed by atoms with Gasteiger partial charge in [0.25, 0.3) is 0 Å². The van der Waals surface area contributed by atoms with Gasteiger partial charge in [-0.2, -0.15) is 10.2 Å². The number of aromatic nitrogens is 4. The van der Waals surface area contributed by atoms with E-state index in [0.717, 1.165) is 44.4 Å². The fraction of sp³-hybridized carbons (Fsp3) is 0.444. The molecule has 2 aliphatic rings. The molecule has 0 N–H and O–H groups in total. The number of aliphatic imine (C=N–C) groups is 3. The van der Waals surface area contributed by atoms with Gasteiger partial charge in [-0.3, -0.25) is 19.2 Å².